The molecule has 0 amide bonds. The molecular formula is C16H20ClN3O. The van der Waals surface area contributed by atoms with Crippen LogP contribution < -0.4 is 5.32 Å². The van der Waals surface area contributed by atoms with E-state index in [9.17, 15) is 0 Å². The van der Waals surface area contributed by atoms with E-state index in [1.807, 2.05) is 6.07 Å². The number of ether oxygens (including phenoxy) is 1. The van der Waals surface area contributed by atoms with Gasteiger partial charge in [-0.25, -0.2) is 9.97 Å². The average Bonchev–Trinajstić information content (AvgIpc) is 2.46. The van der Waals surface area contributed by atoms with Crippen molar-refractivity contribution in [3.05, 3.63) is 52.9 Å². The fourth-order valence-electron chi connectivity index (χ4n) is 2.05. The van der Waals surface area contributed by atoms with Crippen LogP contribution in [0.25, 0.3) is 0 Å². The minimum atomic E-state index is -0.0138. The maximum Gasteiger partial charge on any atom is 0.158 e. The van der Waals surface area contributed by atoms with Crippen molar-refractivity contribution in [1.82, 2.24) is 9.97 Å². The fourth-order valence-corrected chi connectivity index (χ4v) is 2.25. The Morgan fingerprint density at radius 3 is 2.57 bits per heavy atom. The Morgan fingerprint density at radius 1 is 1.19 bits per heavy atom. The van der Waals surface area contributed by atoms with Gasteiger partial charge in [0.1, 0.15) is 17.6 Å². The fraction of sp³-hybridized carbons (Fsp3) is 0.375. The van der Waals surface area contributed by atoms with Gasteiger partial charge in [-0.05, 0) is 5.56 Å². The van der Waals surface area contributed by atoms with E-state index in [1.165, 1.54) is 5.56 Å². The summed E-state index contributed by atoms with van der Waals surface area (Å²) in [6, 6.07) is 12.1. The second kappa shape index (κ2) is 6.87. The molecule has 4 nitrogen and oxygen atoms in total. The van der Waals surface area contributed by atoms with Crippen LogP contribution in [0, 0.1) is 0 Å². The summed E-state index contributed by atoms with van der Waals surface area (Å²) in [7, 11) is 1.61. The highest BCUT2D eigenvalue weighted by molar-refractivity contribution is 6.29. The van der Waals surface area contributed by atoms with Gasteiger partial charge >= 0.3 is 0 Å². The molecule has 0 atom stereocenters. The lowest BCUT2D eigenvalue weighted by Crippen LogP contribution is -2.28. The summed E-state index contributed by atoms with van der Waals surface area (Å²) >= 11 is 6.01. The largest absolute Gasteiger partial charge is 0.377 e. The number of nitrogens with one attached hydrogen (secondary N) is 1. The van der Waals surface area contributed by atoms with Crippen molar-refractivity contribution in [3.8, 4) is 0 Å². The SMILES string of the molecule is COCc1nc(Cl)cc(NCC(C)(C)c2ccccc2)n1. The minimum absolute atomic E-state index is 0.0138. The Kier molecular flexibility index (Phi) is 5.15. The molecule has 5 heteroatoms. The summed E-state index contributed by atoms with van der Waals surface area (Å²) in [5.74, 6) is 1.29. The van der Waals surface area contributed by atoms with E-state index in [4.69, 9.17) is 16.3 Å². The van der Waals surface area contributed by atoms with Crippen LogP contribution in [0.2, 0.25) is 5.15 Å². The lowest BCUT2D eigenvalue weighted by atomic mass is 9.85. The number of hydrogen-bond donors (Lipinski definition) is 1. The van der Waals surface area contributed by atoms with Crippen molar-refractivity contribution in [2.45, 2.75) is 25.9 Å². The number of anilines is 1. The Balaban J connectivity index is 2.09. The molecule has 0 fully saturated rings. The molecule has 1 aromatic heterocycles. The number of benzene rings is 1. The van der Waals surface area contributed by atoms with E-state index < -0.39 is 0 Å². The molecule has 0 aliphatic heterocycles. The molecule has 0 aliphatic rings. The minimum Gasteiger partial charge on any atom is -0.377 e. The molecule has 0 spiro atoms. The number of methoxy groups -OCH3 is 1. The molecule has 112 valence electrons. The first-order chi connectivity index (χ1) is 10.0. The van der Waals surface area contributed by atoms with Gasteiger partial charge in [-0.15, -0.1) is 0 Å². The van der Waals surface area contributed by atoms with Crippen LogP contribution in [0.15, 0.2) is 36.4 Å². The quantitative estimate of drug-likeness (QED) is 0.827. The Labute approximate surface area is 130 Å². The number of halogens is 1. The molecule has 1 aromatic carbocycles. The Bertz CT molecular complexity index is 587. The van der Waals surface area contributed by atoms with Crippen LogP contribution in [-0.4, -0.2) is 23.6 Å². The molecule has 0 saturated carbocycles. The lowest BCUT2D eigenvalue weighted by Gasteiger charge is -2.26. The summed E-state index contributed by atoms with van der Waals surface area (Å²) in [6.45, 7) is 5.47. The van der Waals surface area contributed by atoms with Crippen LogP contribution in [-0.2, 0) is 16.8 Å². The number of nitrogens with zero attached hydrogens (tertiary/aromatic N) is 2. The molecular weight excluding hydrogens is 286 g/mol. The normalized spacial score (nSPS) is 11.4. The van der Waals surface area contributed by atoms with Gasteiger partial charge in [-0.1, -0.05) is 55.8 Å². The highest BCUT2D eigenvalue weighted by Crippen LogP contribution is 2.23. The van der Waals surface area contributed by atoms with Gasteiger partial charge < -0.3 is 10.1 Å². The third kappa shape index (κ3) is 4.41. The zero-order valence-corrected chi connectivity index (χ0v) is 13.3. The summed E-state index contributed by atoms with van der Waals surface area (Å²) in [5.41, 5.74) is 1.26. The van der Waals surface area contributed by atoms with Gasteiger partial charge in [0.2, 0.25) is 0 Å². The van der Waals surface area contributed by atoms with Gasteiger partial charge in [0, 0.05) is 25.1 Å². The standard InChI is InChI=1S/C16H20ClN3O/c1-16(2,12-7-5-4-6-8-12)11-18-14-9-13(17)19-15(20-14)10-21-3/h4-9H,10-11H2,1-3H3,(H,18,19,20). The molecule has 21 heavy (non-hydrogen) atoms. The first-order valence-electron chi connectivity index (χ1n) is 6.83. The zero-order chi connectivity index (χ0) is 15.3. The Morgan fingerprint density at radius 2 is 1.90 bits per heavy atom. The molecule has 2 rings (SSSR count). The molecule has 2 aromatic rings. The number of rotatable bonds is 6. The third-order valence-electron chi connectivity index (χ3n) is 3.28. The van der Waals surface area contributed by atoms with Crippen molar-refractivity contribution in [2.24, 2.45) is 0 Å². The second-order valence-electron chi connectivity index (χ2n) is 5.53. The summed E-state index contributed by atoms with van der Waals surface area (Å²) in [4.78, 5) is 8.50. The molecule has 0 bridgehead atoms. The summed E-state index contributed by atoms with van der Waals surface area (Å²) in [6.07, 6.45) is 0. The van der Waals surface area contributed by atoms with Crippen LogP contribution >= 0.6 is 11.6 Å². The summed E-state index contributed by atoms with van der Waals surface area (Å²) in [5, 5.41) is 3.75. The van der Waals surface area contributed by atoms with E-state index in [0.717, 1.165) is 6.54 Å². The molecule has 0 saturated heterocycles. The van der Waals surface area contributed by atoms with Crippen molar-refractivity contribution in [1.29, 1.82) is 0 Å². The zero-order valence-electron chi connectivity index (χ0n) is 12.6. The Hall–Kier alpha value is -1.65. The lowest BCUT2D eigenvalue weighted by molar-refractivity contribution is 0.178. The second-order valence-corrected chi connectivity index (χ2v) is 5.92. The number of aromatic nitrogens is 2. The predicted octanol–water partition coefficient (Wildman–Crippen LogP) is 3.67. The van der Waals surface area contributed by atoms with Crippen LogP contribution in [0.3, 0.4) is 0 Å². The van der Waals surface area contributed by atoms with Gasteiger partial charge in [-0.2, -0.15) is 0 Å². The van der Waals surface area contributed by atoms with Crippen molar-refractivity contribution < 1.29 is 4.74 Å². The molecule has 1 heterocycles. The first kappa shape index (κ1) is 15.7. The first-order valence-corrected chi connectivity index (χ1v) is 7.21. The van der Waals surface area contributed by atoms with Crippen molar-refractivity contribution in [3.63, 3.8) is 0 Å². The van der Waals surface area contributed by atoms with Gasteiger partial charge in [-0.3, -0.25) is 0 Å². The highest BCUT2D eigenvalue weighted by Gasteiger charge is 2.20. The van der Waals surface area contributed by atoms with E-state index in [0.29, 0.717) is 23.4 Å². The maximum atomic E-state index is 6.01. The molecule has 0 unspecified atom stereocenters. The van der Waals surface area contributed by atoms with E-state index in [2.05, 4.69) is 53.4 Å². The van der Waals surface area contributed by atoms with E-state index in [1.54, 1.807) is 13.2 Å². The van der Waals surface area contributed by atoms with Crippen LogP contribution in [0.1, 0.15) is 25.2 Å². The molecule has 0 aliphatic carbocycles. The van der Waals surface area contributed by atoms with Crippen LogP contribution in [0.5, 0.6) is 0 Å². The van der Waals surface area contributed by atoms with Gasteiger partial charge in [0.25, 0.3) is 0 Å². The van der Waals surface area contributed by atoms with Gasteiger partial charge in [0.15, 0.2) is 5.82 Å². The van der Waals surface area contributed by atoms with E-state index >= 15 is 0 Å². The monoisotopic (exact) mass is 305 g/mol. The molecule has 1 N–H and O–H groups in total. The maximum absolute atomic E-state index is 6.01. The smallest absolute Gasteiger partial charge is 0.158 e. The summed E-state index contributed by atoms with van der Waals surface area (Å²) < 4.78 is 5.04. The average molecular weight is 306 g/mol. The van der Waals surface area contributed by atoms with Crippen LogP contribution in [0.4, 0.5) is 5.82 Å². The third-order valence-corrected chi connectivity index (χ3v) is 3.47. The van der Waals surface area contributed by atoms with Gasteiger partial charge in [0.05, 0.1) is 0 Å². The highest BCUT2D eigenvalue weighted by atomic mass is 35.5. The van der Waals surface area contributed by atoms with Crippen molar-refractivity contribution in [2.75, 3.05) is 19.0 Å². The topological polar surface area (TPSA) is 47.0 Å². The van der Waals surface area contributed by atoms with Crippen molar-refractivity contribution >= 4 is 17.4 Å². The molecule has 0 radical (unpaired) electrons. The van der Waals surface area contributed by atoms with E-state index in [-0.39, 0.29) is 5.41 Å². The predicted molar refractivity (Wildman–Crippen MR) is 85.7 cm³/mol. The number of hydrogen-bond acceptors (Lipinski definition) is 4.